The van der Waals surface area contributed by atoms with Gasteiger partial charge in [0.15, 0.2) is 0 Å². The predicted molar refractivity (Wildman–Crippen MR) is 57.5 cm³/mol. The molecule has 14 heavy (non-hydrogen) atoms. The summed E-state index contributed by atoms with van der Waals surface area (Å²) in [4.78, 5) is 0. The van der Waals surface area contributed by atoms with Crippen LogP contribution in [0.4, 0.5) is 5.69 Å². The molecule has 3 nitrogen and oxygen atoms in total. The summed E-state index contributed by atoms with van der Waals surface area (Å²) in [6, 6.07) is 7.82. The fourth-order valence-electron chi connectivity index (χ4n) is 1.63. The lowest BCUT2D eigenvalue weighted by molar-refractivity contribution is 0.425. The molecule has 0 bridgehead atoms. The van der Waals surface area contributed by atoms with Crippen LogP contribution in [0.25, 0.3) is 0 Å². The summed E-state index contributed by atoms with van der Waals surface area (Å²) in [5, 5.41) is 21.6. The maximum Gasteiger partial charge on any atom is 0.490 e. The molecule has 1 saturated carbocycles. The molecular formula is C10H14BNO2. The molecule has 1 aliphatic rings. The third-order valence-electron chi connectivity index (χ3n) is 2.70. The first kappa shape index (κ1) is 9.56. The molecule has 0 amide bonds. The van der Waals surface area contributed by atoms with Gasteiger partial charge >= 0.3 is 7.12 Å². The second-order valence-corrected chi connectivity index (χ2v) is 3.73. The van der Waals surface area contributed by atoms with Gasteiger partial charge in [-0.1, -0.05) is 18.2 Å². The topological polar surface area (TPSA) is 52.5 Å². The van der Waals surface area contributed by atoms with E-state index >= 15 is 0 Å². The van der Waals surface area contributed by atoms with Crippen LogP contribution in [0.5, 0.6) is 0 Å². The van der Waals surface area contributed by atoms with E-state index in [0.29, 0.717) is 11.5 Å². The van der Waals surface area contributed by atoms with Crippen LogP contribution < -0.4 is 10.8 Å². The van der Waals surface area contributed by atoms with Gasteiger partial charge in [-0.3, -0.25) is 0 Å². The van der Waals surface area contributed by atoms with Crippen molar-refractivity contribution in [1.82, 2.24) is 0 Å². The van der Waals surface area contributed by atoms with E-state index in [2.05, 4.69) is 5.32 Å². The van der Waals surface area contributed by atoms with Crippen LogP contribution in [-0.2, 0) is 0 Å². The Morgan fingerprint density at radius 3 is 2.50 bits per heavy atom. The van der Waals surface area contributed by atoms with Crippen molar-refractivity contribution in [3.8, 4) is 0 Å². The predicted octanol–water partition coefficient (Wildman–Crippen LogP) is 0.331. The van der Waals surface area contributed by atoms with E-state index in [1.54, 1.807) is 12.1 Å². The van der Waals surface area contributed by atoms with E-state index in [1.165, 1.54) is 19.3 Å². The number of anilines is 1. The molecule has 1 fully saturated rings. The quantitative estimate of drug-likeness (QED) is 0.603. The molecule has 0 atom stereocenters. The summed E-state index contributed by atoms with van der Waals surface area (Å²) in [6.45, 7) is 0. The number of rotatable bonds is 3. The molecule has 1 aromatic carbocycles. The van der Waals surface area contributed by atoms with Crippen molar-refractivity contribution in [1.29, 1.82) is 0 Å². The zero-order valence-corrected chi connectivity index (χ0v) is 7.98. The first-order valence-electron chi connectivity index (χ1n) is 4.99. The van der Waals surface area contributed by atoms with E-state index in [1.807, 2.05) is 12.1 Å². The Morgan fingerprint density at radius 1 is 1.21 bits per heavy atom. The van der Waals surface area contributed by atoms with Crippen molar-refractivity contribution in [2.45, 2.75) is 25.3 Å². The standard InChI is InChI=1S/C10H14BNO2/c13-11(14)9-6-1-2-7-10(9)12-8-4-3-5-8/h1-2,6-8,12-14H,3-5H2. The van der Waals surface area contributed by atoms with Crippen molar-refractivity contribution in [3.05, 3.63) is 24.3 Å². The Balaban J connectivity index is 2.13. The van der Waals surface area contributed by atoms with E-state index < -0.39 is 7.12 Å². The monoisotopic (exact) mass is 191 g/mol. The molecule has 1 aliphatic carbocycles. The van der Waals surface area contributed by atoms with Gasteiger partial charge in [0, 0.05) is 17.2 Å². The van der Waals surface area contributed by atoms with Gasteiger partial charge in [-0.05, 0) is 25.3 Å². The zero-order valence-electron chi connectivity index (χ0n) is 7.98. The maximum atomic E-state index is 9.12. The van der Waals surface area contributed by atoms with Gasteiger partial charge in [-0.25, -0.2) is 0 Å². The SMILES string of the molecule is OB(O)c1ccccc1NC1CCC1. The number of hydrogen-bond acceptors (Lipinski definition) is 3. The zero-order chi connectivity index (χ0) is 9.97. The van der Waals surface area contributed by atoms with Gasteiger partial charge < -0.3 is 15.4 Å². The summed E-state index contributed by atoms with van der Waals surface area (Å²) in [5.41, 5.74) is 1.40. The average Bonchev–Trinajstić information content (AvgIpc) is 2.12. The van der Waals surface area contributed by atoms with E-state index in [0.717, 1.165) is 5.69 Å². The molecule has 2 rings (SSSR count). The van der Waals surface area contributed by atoms with E-state index in [9.17, 15) is 0 Å². The Kier molecular flexibility index (Phi) is 2.75. The molecule has 0 heterocycles. The number of nitrogens with one attached hydrogen (secondary N) is 1. The molecule has 0 spiro atoms. The van der Waals surface area contributed by atoms with Gasteiger partial charge in [0.05, 0.1) is 0 Å². The largest absolute Gasteiger partial charge is 0.490 e. The van der Waals surface area contributed by atoms with Gasteiger partial charge in [0.25, 0.3) is 0 Å². The van der Waals surface area contributed by atoms with Crippen molar-refractivity contribution in [3.63, 3.8) is 0 Å². The molecule has 0 unspecified atom stereocenters. The first-order valence-corrected chi connectivity index (χ1v) is 4.99. The van der Waals surface area contributed by atoms with E-state index in [-0.39, 0.29) is 0 Å². The summed E-state index contributed by atoms with van der Waals surface area (Å²) in [7, 11) is -1.39. The number of hydrogen-bond donors (Lipinski definition) is 3. The number of para-hydroxylation sites is 1. The van der Waals surface area contributed by atoms with Crippen LogP contribution in [0, 0.1) is 0 Å². The lowest BCUT2D eigenvalue weighted by Gasteiger charge is -2.28. The first-order chi connectivity index (χ1) is 6.77. The molecular weight excluding hydrogens is 177 g/mol. The molecule has 0 aromatic heterocycles. The molecule has 1 aromatic rings. The van der Waals surface area contributed by atoms with Crippen molar-refractivity contribution < 1.29 is 10.0 Å². The van der Waals surface area contributed by atoms with E-state index in [4.69, 9.17) is 10.0 Å². The molecule has 0 radical (unpaired) electrons. The number of benzene rings is 1. The highest BCUT2D eigenvalue weighted by Gasteiger charge is 2.20. The van der Waals surface area contributed by atoms with Crippen LogP contribution in [-0.4, -0.2) is 23.2 Å². The van der Waals surface area contributed by atoms with Crippen LogP contribution >= 0.6 is 0 Å². The summed E-state index contributed by atoms with van der Waals surface area (Å²) < 4.78 is 0. The summed E-state index contributed by atoms with van der Waals surface area (Å²) in [5.74, 6) is 0. The van der Waals surface area contributed by atoms with Crippen molar-refractivity contribution in [2.24, 2.45) is 0 Å². The van der Waals surface area contributed by atoms with Crippen LogP contribution in [0.2, 0.25) is 0 Å². The Labute approximate surface area is 83.9 Å². The fraction of sp³-hybridized carbons (Fsp3) is 0.400. The van der Waals surface area contributed by atoms with Crippen LogP contribution in [0.1, 0.15) is 19.3 Å². The van der Waals surface area contributed by atoms with Gasteiger partial charge in [0.2, 0.25) is 0 Å². The van der Waals surface area contributed by atoms with Crippen molar-refractivity contribution in [2.75, 3.05) is 5.32 Å². The summed E-state index contributed by atoms with van der Waals surface area (Å²) >= 11 is 0. The smallest absolute Gasteiger partial charge is 0.423 e. The molecule has 3 N–H and O–H groups in total. The molecule has 4 heteroatoms. The second-order valence-electron chi connectivity index (χ2n) is 3.73. The van der Waals surface area contributed by atoms with Gasteiger partial charge in [-0.15, -0.1) is 0 Å². The van der Waals surface area contributed by atoms with Crippen LogP contribution in [0.15, 0.2) is 24.3 Å². The lowest BCUT2D eigenvalue weighted by atomic mass is 9.78. The minimum absolute atomic E-state index is 0.509. The van der Waals surface area contributed by atoms with Gasteiger partial charge in [0.1, 0.15) is 0 Å². The Hall–Kier alpha value is -0.995. The third kappa shape index (κ3) is 1.91. The Bertz CT molecular complexity index is 313. The highest BCUT2D eigenvalue weighted by molar-refractivity contribution is 6.60. The summed E-state index contributed by atoms with van der Waals surface area (Å²) in [6.07, 6.45) is 3.62. The normalized spacial score (nSPS) is 16.1. The molecule has 0 saturated heterocycles. The van der Waals surface area contributed by atoms with Crippen molar-refractivity contribution >= 4 is 18.3 Å². The highest BCUT2D eigenvalue weighted by Crippen LogP contribution is 2.22. The molecule has 0 aliphatic heterocycles. The highest BCUT2D eigenvalue weighted by atomic mass is 16.4. The fourth-order valence-corrected chi connectivity index (χ4v) is 1.63. The van der Waals surface area contributed by atoms with Gasteiger partial charge in [-0.2, -0.15) is 0 Å². The maximum absolute atomic E-state index is 9.12. The second kappa shape index (κ2) is 4.03. The minimum atomic E-state index is -1.39. The van der Waals surface area contributed by atoms with Crippen LogP contribution in [0.3, 0.4) is 0 Å². The average molecular weight is 191 g/mol. The molecule has 74 valence electrons. The Morgan fingerprint density at radius 2 is 1.93 bits per heavy atom. The minimum Gasteiger partial charge on any atom is -0.423 e. The third-order valence-corrected chi connectivity index (χ3v) is 2.70. The lowest BCUT2D eigenvalue weighted by Crippen LogP contribution is -2.36.